The van der Waals surface area contributed by atoms with Gasteiger partial charge in [0, 0.05) is 43.7 Å². The Morgan fingerprint density at radius 2 is 1.95 bits per heavy atom. The number of urea groups is 1. The van der Waals surface area contributed by atoms with E-state index in [9.17, 15) is 9.59 Å². The average molecular weight is 286 g/mol. The highest BCUT2D eigenvalue weighted by Crippen LogP contribution is 2.09. The number of amides is 2. The average Bonchev–Trinajstić information content (AvgIpc) is 2.85. The summed E-state index contributed by atoms with van der Waals surface area (Å²) in [6.07, 6.45) is 4.26. The zero-order valence-electron chi connectivity index (χ0n) is 12.1. The lowest BCUT2D eigenvalue weighted by atomic mass is 10.1. The maximum absolute atomic E-state index is 11.7. The van der Waals surface area contributed by atoms with Gasteiger partial charge in [0.15, 0.2) is 5.78 Å². The number of nitrogens with zero attached hydrogens (tertiary/aromatic N) is 2. The van der Waals surface area contributed by atoms with E-state index >= 15 is 0 Å². The molecule has 0 spiro atoms. The van der Waals surface area contributed by atoms with Crippen molar-refractivity contribution in [3.05, 3.63) is 48.0 Å². The van der Waals surface area contributed by atoms with Crippen molar-refractivity contribution in [2.45, 2.75) is 13.3 Å². The van der Waals surface area contributed by atoms with Crippen molar-refractivity contribution in [2.24, 2.45) is 7.05 Å². The molecule has 0 aliphatic rings. The van der Waals surface area contributed by atoms with Crippen molar-refractivity contribution in [2.75, 3.05) is 11.9 Å². The molecule has 110 valence electrons. The van der Waals surface area contributed by atoms with Gasteiger partial charge in [0.2, 0.25) is 0 Å². The molecule has 6 nitrogen and oxygen atoms in total. The van der Waals surface area contributed by atoms with Crippen molar-refractivity contribution in [3.8, 4) is 0 Å². The number of aromatic nitrogens is 2. The second-order valence-electron chi connectivity index (χ2n) is 4.72. The fourth-order valence-electron chi connectivity index (χ4n) is 1.89. The zero-order valence-corrected chi connectivity index (χ0v) is 12.1. The lowest BCUT2D eigenvalue weighted by Crippen LogP contribution is -2.30. The number of hydrogen-bond acceptors (Lipinski definition) is 3. The standard InChI is InChI=1S/C15H18N4O2/c1-11(20)12-3-5-13(6-4-12)18-15(21)17-8-7-14-16-9-10-19(14)2/h3-6,9-10H,7-8H2,1-2H3,(H2,17,18,21). The third-order valence-corrected chi connectivity index (χ3v) is 3.10. The normalized spacial score (nSPS) is 10.2. The summed E-state index contributed by atoms with van der Waals surface area (Å²) in [4.78, 5) is 27.1. The Balaban J connectivity index is 1.79. The Morgan fingerprint density at radius 1 is 1.24 bits per heavy atom. The lowest BCUT2D eigenvalue weighted by Gasteiger charge is -2.08. The summed E-state index contributed by atoms with van der Waals surface area (Å²) in [6, 6.07) is 6.50. The molecule has 0 aliphatic heterocycles. The molecule has 0 saturated heterocycles. The van der Waals surface area contributed by atoms with Crippen LogP contribution >= 0.6 is 0 Å². The Bertz CT molecular complexity index is 631. The van der Waals surface area contributed by atoms with E-state index < -0.39 is 0 Å². The Kier molecular flexibility index (Phi) is 4.71. The number of hydrogen-bond donors (Lipinski definition) is 2. The van der Waals surface area contributed by atoms with Gasteiger partial charge in [-0.3, -0.25) is 4.79 Å². The number of anilines is 1. The number of benzene rings is 1. The van der Waals surface area contributed by atoms with Crippen molar-refractivity contribution in [1.82, 2.24) is 14.9 Å². The van der Waals surface area contributed by atoms with Crippen LogP contribution in [0.4, 0.5) is 10.5 Å². The highest BCUT2D eigenvalue weighted by Gasteiger charge is 2.04. The van der Waals surface area contributed by atoms with Gasteiger partial charge in [-0.15, -0.1) is 0 Å². The van der Waals surface area contributed by atoms with Crippen LogP contribution in [0, 0.1) is 0 Å². The van der Waals surface area contributed by atoms with Crippen LogP contribution in [0.1, 0.15) is 23.1 Å². The van der Waals surface area contributed by atoms with Crippen LogP contribution in [-0.4, -0.2) is 27.9 Å². The SMILES string of the molecule is CC(=O)c1ccc(NC(=O)NCCc2nccn2C)cc1. The van der Waals surface area contributed by atoms with E-state index in [0.717, 1.165) is 5.82 Å². The second kappa shape index (κ2) is 6.69. The largest absolute Gasteiger partial charge is 0.338 e. The van der Waals surface area contributed by atoms with Gasteiger partial charge >= 0.3 is 6.03 Å². The highest BCUT2D eigenvalue weighted by molar-refractivity contribution is 5.95. The summed E-state index contributed by atoms with van der Waals surface area (Å²) >= 11 is 0. The number of rotatable bonds is 5. The van der Waals surface area contributed by atoms with Gasteiger partial charge in [0.05, 0.1) is 0 Å². The molecular weight excluding hydrogens is 268 g/mol. The number of Topliss-reactive ketones (excluding diaryl/α,β-unsaturated/α-hetero) is 1. The summed E-state index contributed by atoms with van der Waals surface area (Å²) in [5.41, 5.74) is 1.27. The predicted molar refractivity (Wildman–Crippen MR) is 80.4 cm³/mol. The van der Waals surface area contributed by atoms with Gasteiger partial charge in [0.1, 0.15) is 5.82 Å². The number of nitrogens with one attached hydrogen (secondary N) is 2. The number of carbonyl (C=O) groups excluding carboxylic acids is 2. The molecule has 0 saturated carbocycles. The zero-order chi connectivity index (χ0) is 15.2. The molecule has 6 heteroatoms. The van der Waals surface area contributed by atoms with E-state index in [4.69, 9.17) is 0 Å². The minimum absolute atomic E-state index is 0.000990. The Hall–Kier alpha value is -2.63. The Labute approximate surface area is 123 Å². The first kappa shape index (κ1) is 14.8. The van der Waals surface area contributed by atoms with Crippen molar-refractivity contribution in [3.63, 3.8) is 0 Å². The first-order valence-electron chi connectivity index (χ1n) is 6.68. The van der Waals surface area contributed by atoms with Gasteiger partial charge in [-0.1, -0.05) is 0 Å². The van der Waals surface area contributed by atoms with Gasteiger partial charge in [-0.25, -0.2) is 9.78 Å². The van der Waals surface area contributed by atoms with Crippen LogP contribution in [0.5, 0.6) is 0 Å². The molecular formula is C15H18N4O2. The molecule has 0 aliphatic carbocycles. The molecule has 1 aromatic carbocycles. The number of ketones is 1. The molecule has 2 N–H and O–H groups in total. The predicted octanol–water partition coefficient (Wildman–Crippen LogP) is 1.99. The van der Waals surface area contributed by atoms with Gasteiger partial charge in [-0.2, -0.15) is 0 Å². The van der Waals surface area contributed by atoms with Crippen molar-refractivity contribution < 1.29 is 9.59 Å². The van der Waals surface area contributed by atoms with Crippen LogP contribution in [0.25, 0.3) is 0 Å². The maximum atomic E-state index is 11.7. The van der Waals surface area contributed by atoms with E-state index in [1.54, 1.807) is 30.5 Å². The number of imidazole rings is 1. The smallest absolute Gasteiger partial charge is 0.319 e. The molecule has 0 radical (unpaired) electrons. The van der Waals surface area contributed by atoms with Gasteiger partial charge in [-0.05, 0) is 31.2 Å². The van der Waals surface area contributed by atoms with Gasteiger partial charge < -0.3 is 15.2 Å². The highest BCUT2D eigenvalue weighted by atomic mass is 16.2. The molecule has 2 aromatic rings. The summed E-state index contributed by atoms with van der Waals surface area (Å²) in [5, 5.41) is 5.48. The van der Waals surface area contributed by atoms with E-state index in [2.05, 4.69) is 15.6 Å². The second-order valence-corrected chi connectivity index (χ2v) is 4.72. The molecule has 2 amide bonds. The lowest BCUT2D eigenvalue weighted by molar-refractivity contribution is 0.101. The molecule has 0 unspecified atom stereocenters. The molecule has 2 rings (SSSR count). The fourth-order valence-corrected chi connectivity index (χ4v) is 1.89. The van der Waals surface area contributed by atoms with Crippen LogP contribution in [0.3, 0.4) is 0 Å². The molecule has 0 atom stereocenters. The van der Waals surface area contributed by atoms with Crippen LogP contribution in [0.2, 0.25) is 0 Å². The fraction of sp³-hybridized carbons (Fsp3) is 0.267. The van der Waals surface area contributed by atoms with Gasteiger partial charge in [0.25, 0.3) is 0 Å². The number of aryl methyl sites for hydroxylation is 1. The summed E-state index contributed by atoms with van der Waals surface area (Å²) in [7, 11) is 1.92. The third kappa shape index (κ3) is 4.17. The van der Waals surface area contributed by atoms with Crippen LogP contribution in [0.15, 0.2) is 36.7 Å². The molecule has 0 bridgehead atoms. The first-order chi connectivity index (χ1) is 10.1. The first-order valence-corrected chi connectivity index (χ1v) is 6.68. The summed E-state index contributed by atoms with van der Waals surface area (Å²) < 4.78 is 1.92. The molecule has 21 heavy (non-hydrogen) atoms. The van der Waals surface area contributed by atoms with E-state index in [-0.39, 0.29) is 11.8 Å². The molecule has 1 aromatic heterocycles. The Morgan fingerprint density at radius 3 is 2.52 bits per heavy atom. The number of carbonyl (C=O) groups is 2. The van der Waals surface area contributed by atoms with E-state index in [1.807, 2.05) is 17.8 Å². The summed E-state index contributed by atoms with van der Waals surface area (Å²) in [5.74, 6) is 0.919. The maximum Gasteiger partial charge on any atom is 0.319 e. The quantitative estimate of drug-likeness (QED) is 0.825. The van der Waals surface area contributed by atoms with Crippen molar-refractivity contribution in [1.29, 1.82) is 0 Å². The van der Waals surface area contributed by atoms with E-state index in [1.165, 1.54) is 6.92 Å². The van der Waals surface area contributed by atoms with Crippen LogP contribution in [-0.2, 0) is 13.5 Å². The molecule has 0 fully saturated rings. The summed E-state index contributed by atoms with van der Waals surface area (Å²) in [6.45, 7) is 2.01. The van der Waals surface area contributed by atoms with Crippen LogP contribution < -0.4 is 10.6 Å². The van der Waals surface area contributed by atoms with E-state index in [0.29, 0.717) is 24.2 Å². The van der Waals surface area contributed by atoms with Crippen molar-refractivity contribution >= 4 is 17.5 Å². The molecule has 1 heterocycles. The minimum atomic E-state index is -0.278. The monoisotopic (exact) mass is 286 g/mol. The third-order valence-electron chi connectivity index (χ3n) is 3.10. The minimum Gasteiger partial charge on any atom is -0.338 e. The topological polar surface area (TPSA) is 76.0 Å².